The molecule has 0 aliphatic carbocycles. The fraction of sp³-hybridized carbons (Fsp3) is 0.583. The molecule has 88 valence electrons. The Morgan fingerprint density at radius 3 is 2.81 bits per heavy atom. The highest BCUT2D eigenvalue weighted by molar-refractivity contribution is 9.10. The molecule has 1 saturated heterocycles. The van der Waals surface area contributed by atoms with Crippen LogP contribution in [-0.2, 0) is 0 Å². The molecule has 1 aromatic heterocycles. The van der Waals surface area contributed by atoms with Gasteiger partial charge in [-0.05, 0) is 46.3 Å². The number of hydrogen-bond donors (Lipinski definition) is 0. The highest BCUT2D eigenvalue weighted by atomic mass is 79.9. The normalized spacial score (nSPS) is 19.8. The minimum atomic E-state index is -0.00141. The van der Waals surface area contributed by atoms with Gasteiger partial charge in [0.15, 0.2) is 10.4 Å². The molecule has 1 amide bonds. The van der Waals surface area contributed by atoms with E-state index in [1.165, 1.54) is 6.42 Å². The van der Waals surface area contributed by atoms with Gasteiger partial charge < -0.3 is 9.32 Å². The number of amides is 1. The van der Waals surface area contributed by atoms with Gasteiger partial charge in [-0.1, -0.05) is 13.8 Å². The maximum absolute atomic E-state index is 12.1. The average Bonchev–Trinajstić information content (AvgIpc) is 2.62. The number of hydrogen-bond acceptors (Lipinski definition) is 2. The zero-order valence-electron chi connectivity index (χ0n) is 9.62. The van der Waals surface area contributed by atoms with Gasteiger partial charge in [0, 0.05) is 13.1 Å². The summed E-state index contributed by atoms with van der Waals surface area (Å²) in [5, 5.41) is 0. The number of furan rings is 1. The molecule has 2 rings (SSSR count). The van der Waals surface area contributed by atoms with Gasteiger partial charge in [-0.2, -0.15) is 0 Å². The van der Waals surface area contributed by atoms with Gasteiger partial charge >= 0.3 is 0 Å². The van der Waals surface area contributed by atoms with Crippen molar-refractivity contribution < 1.29 is 9.21 Å². The van der Waals surface area contributed by atoms with Crippen LogP contribution in [0, 0.1) is 5.41 Å². The molecule has 0 aromatic carbocycles. The maximum atomic E-state index is 12.1. The third-order valence-corrected chi connectivity index (χ3v) is 3.40. The topological polar surface area (TPSA) is 33.5 Å². The van der Waals surface area contributed by atoms with Crippen molar-refractivity contribution in [2.24, 2.45) is 5.41 Å². The zero-order valence-corrected chi connectivity index (χ0v) is 11.2. The molecule has 0 unspecified atom stereocenters. The Labute approximate surface area is 104 Å². The van der Waals surface area contributed by atoms with Gasteiger partial charge in [-0.25, -0.2) is 0 Å². The fourth-order valence-electron chi connectivity index (χ4n) is 2.18. The molecule has 0 radical (unpaired) electrons. The van der Waals surface area contributed by atoms with Crippen molar-refractivity contribution in [1.29, 1.82) is 0 Å². The van der Waals surface area contributed by atoms with E-state index in [0.29, 0.717) is 10.4 Å². The van der Waals surface area contributed by atoms with Crippen LogP contribution in [0.3, 0.4) is 0 Å². The summed E-state index contributed by atoms with van der Waals surface area (Å²) < 4.78 is 5.90. The average molecular weight is 286 g/mol. The molecule has 2 heterocycles. The van der Waals surface area contributed by atoms with E-state index in [1.54, 1.807) is 12.1 Å². The Morgan fingerprint density at radius 2 is 2.25 bits per heavy atom. The van der Waals surface area contributed by atoms with Crippen molar-refractivity contribution in [3.63, 3.8) is 0 Å². The van der Waals surface area contributed by atoms with Crippen LogP contribution in [0.4, 0.5) is 0 Å². The van der Waals surface area contributed by atoms with E-state index in [2.05, 4.69) is 29.8 Å². The summed E-state index contributed by atoms with van der Waals surface area (Å²) >= 11 is 3.21. The number of halogens is 1. The smallest absolute Gasteiger partial charge is 0.289 e. The molecule has 3 nitrogen and oxygen atoms in total. The molecule has 0 atom stereocenters. The van der Waals surface area contributed by atoms with Crippen LogP contribution in [0.25, 0.3) is 0 Å². The fourth-order valence-corrected chi connectivity index (χ4v) is 2.49. The molecule has 0 bridgehead atoms. The van der Waals surface area contributed by atoms with Crippen LogP contribution in [0.15, 0.2) is 21.2 Å². The number of nitrogens with zero attached hydrogens (tertiary/aromatic N) is 1. The van der Waals surface area contributed by atoms with Crippen molar-refractivity contribution in [2.45, 2.75) is 26.7 Å². The van der Waals surface area contributed by atoms with Gasteiger partial charge in [-0.15, -0.1) is 0 Å². The van der Waals surface area contributed by atoms with Crippen molar-refractivity contribution in [1.82, 2.24) is 4.90 Å². The van der Waals surface area contributed by atoms with E-state index in [-0.39, 0.29) is 11.3 Å². The quantitative estimate of drug-likeness (QED) is 0.793. The zero-order chi connectivity index (χ0) is 11.8. The number of piperidine rings is 1. The molecule has 0 N–H and O–H groups in total. The van der Waals surface area contributed by atoms with Gasteiger partial charge in [0.05, 0.1) is 0 Å². The van der Waals surface area contributed by atoms with Crippen LogP contribution in [0.2, 0.25) is 0 Å². The summed E-state index contributed by atoms with van der Waals surface area (Å²) in [6, 6.07) is 3.47. The lowest BCUT2D eigenvalue weighted by molar-refractivity contribution is 0.0551. The SMILES string of the molecule is CC1(C)CCCN(C(=O)c2ccc(Br)o2)C1. The molecule has 1 fully saturated rings. The van der Waals surface area contributed by atoms with Gasteiger partial charge in [0.2, 0.25) is 0 Å². The summed E-state index contributed by atoms with van der Waals surface area (Å²) in [4.78, 5) is 14.0. The second-order valence-corrected chi connectivity index (χ2v) is 5.88. The third-order valence-electron chi connectivity index (χ3n) is 2.97. The summed E-state index contributed by atoms with van der Waals surface area (Å²) in [5.41, 5.74) is 0.220. The van der Waals surface area contributed by atoms with Crippen molar-refractivity contribution in [3.8, 4) is 0 Å². The van der Waals surface area contributed by atoms with Gasteiger partial charge in [0.25, 0.3) is 5.91 Å². The standard InChI is InChI=1S/C12H16BrNO2/c1-12(2)6-3-7-14(8-12)11(15)9-4-5-10(13)16-9/h4-5H,3,6-8H2,1-2H3. The lowest BCUT2D eigenvalue weighted by Crippen LogP contribution is -2.43. The molecule has 1 aromatic rings. The molecule has 1 aliphatic heterocycles. The molecular weight excluding hydrogens is 270 g/mol. The number of rotatable bonds is 1. The van der Waals surface area contributed by atoms with Crippen LogP contribution >= 0.6 is 15.9 Å². The molecule has 0 spiro atoms. The lowest BCUT2D eigenvalue weighted by Gasteiger charge is -2.37. The first-order valence-electron chi connectivity index (χ1n) is 5.53. The summed E-state index contributed by atoms with van der Waals surface area (Å²) in [6.07, 6.45) is 2.25. The minimum Gasteiger partial charge on any atom is -0.444 e. The van der Waals surface area contributed by atoms with Crippen LogP contribution in [-0.4, -0.2) is 23.9 Å². The molecule has 1 aliphatic rings. The second kappa shape index (κ2) is 4.24. The Kier molecular flexibility index (Phi) is 3.10. The van der Waals surface area contributed by atoms with Gasteiger partial charge in [-0.3, -0.25) is 4.79 Å². The third kappa shape index (κ3) is 2.48. The van der Waals surface area contributed by atoms with Crippen LogP contribution in [0.5, 0.6) is 0 Å². The highest BCUT2D eigenvalue weighted by Gasteiger charge is 2.30. The first-order valence-corrected chi connectivity index (χ1v) is 6.32. The van der Waals surface area contributed by atoms with Crippen molar-refractivity contribution in [2.75, 3.05) is 13.1 Å². The number of carbonyl (C=O) groups is 1. The van der Waals surface area contributed by atoms with E-state index in [0.717, 1.165) is 19.5 Å². The van der Waals surface area contributed by atoms with Crippen molar-refractivity contribution in [3.05, 3.63) is 22.6 Å². The maximum Gasteiger partial charge on any atom is 0.289 e. The number of carbonyl (C=O) groups excluding carboxylic acids is 1. The first kappa shape index (κ1) is 11.7. The van der Waals surface area contributed by atoms with E-state index in [4.69, 9.17) is 4.42 Å². The largest absolute Gasteiger partial charge is 0.444 e. The predicted octanol–water partition coefficient (Wildman–Crippen LogP) is 3.30. The molecule has 0 saturated carbocycles. The summed E-state index contributed by atoms with van der Waals surface area (Å²) in [7, 11) is 0. The molecule has 4 heteroatoms. The Hall–Kier alpha value is -0.770. The molecular formula is C12H16BrNO2. The van der Waals surface area contributed by atoms with Crippen LogP contribution in [0.1, 0.15) is 37.2 Å². The first-order chi connectivity index (χ1) is 7.48. The Morgan fingerprint density at radius 1 is 1.50 bits per heavy atom. The number of likely N-dealkylation sites (tertiary alicyclic amines) is 1. The Bertz CT molecular complexity index is 397. The van der Waals surface area contributed by atoms with Crippen molar-refractivity contribution >= 4 is 21.8 Å². The van der Waals surface area contributed by atoms with Gasteiger partial charge in [0.1, 0.15) is 0 Å². The van der Waals surface area contributed by atoms with E-state index < -0.39 is 0 Å². The minimum absolute atomic E-state index is 0.00141. The van der Waals surface area contributed by atoms with E-state index in [1.807, 2.05) is 4.90 Å². The van der Waals surface area contributed by atoms with E-state index >= 15 is 0 Å². The summed E-state index contributed by atoms with van der Waals surface area (Å²) in [5.74, 6) is 0.419. The predicted molar refractivity (Wildman–Crippen MR) is 65.3 cm³/mol. The Balaban J connectivity index is 2.10. The highest BCUT2D eigenvalue weighted by Crippen LogP contribution is 2.29. The monoisotopic (exact) mass is 285 g/mol. The molecule has 16 heavy (non-hydrogen) atoms. The summed E-state index contributed by atoms with van der Waals surface area (Å²) in [6.45, 7) is 6.04. The lowest BCUT2D eigenvalue weighted by atomic mass is 9.84. The van der Waals surface area contributed by atoms with Crippen LogP contribution < -0.4 is 0 Å². The van der Waals surface area contributed by atoms with E-state index in [9.17, 15) is 4.79 Å². The second-order valence-electron chi connectivity index (χ2n) is 5.10.